The molecular formula is C30H35ClN2O4S. The van der Waals surface area contributed by atoms with Crippen molar-refractivity contribution in [3.8, 4) is 5.75 Å². The van der Waals surface area contributed by atoms with Gasteiger partial charge in [-0.15, -0.1) is 0 Å². The van der Waals surface area contributed by atoms with Crippen LogP contribution in [0.15, 0.2) is 48.6 Å². The Labute approximate surface area is 232 Å². The number of hydrogen-bond donors (Lipinski definition) is 2. The number of carbonyl (C=O) groups is 1. The fraction of sp³-hybridized carbons (Fsp3) is 0.500. The fourth-order valence-corrected chi connectivity index (χ4v) is 7.94. The molecule has 8 heteroatoms. The Hall–Kier alpha value is -2.19. The first-order valence-corrected chi connectivity index (χ1v) is 15.4. The van der Waals surface area contributed by atoms with Crippen molar-refractivity contribution in [1.82, 2.24) is 4.72 Å². The lowest BCUT2D eigenvalue weighted by Gasteiger charge is -2.44. The van der Waals surface area contributed by atoms with Gasteiger partial charge >= 0.3 is 0 Å². The van der Waals surface area contributed by atoms with Crippen LogP contribution in [0.5, 0.6) is 5.75 Å². The number of nitrogens with zero attached hydrogens (tertiary/aromatic N) is 1. The van der Waals surface area contributed by atoms with Crippen LogP contribution < -0.4 is 14.4 Å². The highest BCUT2D eigenvalue weighted by Crippen LogP contribution is 2.47. The third-order valence-electron chi connectivity index (χ3n) is 8.96. The topological polar surface area (TPSA) is 84.9 Å². The molecule has 1 fully saturated rings. The zero-order chi connectivity index (χ0) is 26.4. The zero-order valence-corrected chi connectivity index (χ0v) is 23.3. The van der Waals surface area contributed by atoms with Gasteiger partial charge in [0, 0.05) is 35.0 Å². The van der Waals surface area contributed by atoms with Gasteiger partial charge in [-0.3, -0.25) is 4.79 Å². The molecule has 2 heterocycles. The van der Waals surface area contributed by atoms with Gasteiger partial charge in [-0.05, 0) is 85.4 Å². The van der Waals surface area contributed by atoms with Gasteiger partial charge in [-0.2, -0.15) is 4.72 Å². The molecule has 2 aliphatic carbocycles. The summed E-state index contributed by atoms with van der Waals surface area (Å²) in [7, 11) is 0. The summed E-state index contributed by atoms with van der Waals surface area (Å²) in [6.45, 7) is 4.09. The van der Waals surface area contributed by atoms with Crippen molar-refractivity contribution < 1.29 is 19.2 Å². The molecule has 6 atom stereocenters. The molecule has 0 saturated heterocycles. The number of hydrogen-bond acceptors (Lipinski definition) is 5. The van der Waals surface area contributed by atoms with E-state index < -0.39 is 17.5 Å². The largest absolute Gasteiger partial charge is 0.593 e. The minimum Gasteiger partial charge on any atom is -0.593 e. The Kier molecular flexibility index (Phi) is 7.14. The number of allylic oxidation sites excluding steroid dienone is 1. The van der Waals surface area contributed by atoms with Crippen molar-refractivity contribution in [2.45, 2.75) is 50.5 Å². The molecule has 2 aromatic carbocycles. The van der Waals surface area contributed by atoms with Crippen LogP contribution in [-0.4, -0.2) is 47.1 Å². The average molecular weight is 555 g/mol. The van der Waals surface area contributed by atoms with E-state index in [1.807, 2.05) is 37.3 Å². The first-order chi connectivity index (χ1) is 18.3. The molecule has 6 nitrogen and oxygen atoms in total. The number of aliphatic hydroxyl groups is 1. The van der Waals surface area contributed by atoms with Crippen molar-refractivity contribution in [1.29, 1.82) is 0 Å². The molecule has 6 rings (SSSR count). The van der Waals surface area contributed by atoms with Gasteiger partial charge < -0.3 is 19.3 Å². The van der Waals surface area contributed by atoms with E-state index in [0.29, 0.717) is 30.3 Å². The Morgan fingerprint density at radius 3 is 2.92 bits per heavy atom. The van der Waals surface area contributed by atoms with Crippen LogP contribution in [-0.2, 0) is 23.2 Å². The van der Waals surface area contributed by atoms with E-state index in [1.165, 1.54) is 11.1 Å². The SMILES string of the molecule is C[C@@H]1/C=C/CC(O)C2CCC2CN2CC3(CCc4cc(Cl)ccc43)COc3ccc(cc32)C(=O)N[S+]([O-])C1. The Bertz CT molecular complexity index is 1250. The van der Waals surface area contributed by atoms with E-state index in [9.17, 15) is 14.5 Å². The lowest BCUT2D eigenvalue weighted by atomic mass is 9.69. The third kappa shape index (κ3) is 4.94. The Morgan fingerprint density at radius 2 is 2.11 bits per heavy atom. The first kappa shape index (κ1) is 26.1. The van der Waals surface area contributed by atoms with Gasteiger partial charge in [0.2, 0.25) is 0 Å². The van der Waals surface area contributed by atoms with Gasteiger partial charge in [0.1, 0.15) is 11.5 Å². The zero-order valence-electron chi connectivity index (χ0n) is 21.7. The maximum absolute atomic E-state index is 13.1. The molecule has 4 aliphatic rings. The number of rotatable bonds is 0. The molecule has 2 N–H and O–H groups in total. The maximum atomic E-state index is 13.1. The number of anilines is 1. The summed E-state index contributed by atoms with van der Waals surface area (Å²) in [6.07, 6.45) is 8.22. The summed E-state index contributed by atoms with van der Waals surface area (Å²) in [4.78, 5) is 15.5. The summed E-state index contributed by atoms with van der Waals surface area (Å²) in [5, 5.41) is 11.8. The summed E-state index contributed by atoms with van der Waals surface area (Å²) >= 11 is 4.83. The number of aliphatic hydroxyl groups excluding tert-OH is 1. The van der Waals surface area contributed by atoms with E-state index >= 15 is 0 Å². The minimum absolute atomic E-state index is 0.0322. The molecule has 1 spiro atoms. The van der Waals surface area contributed by atoms with Crippen molar-refractivity contribution >= 4 is 34.6 Å². The van der Waals surface area contributed by atoms with Crippen molar-refractivity contribution in [3.05, 3.63) is 70.3 Å². The number of halogens is 1. The molecule has 1 saturated carbocycles. The molecule has 202 valence electrons. The summed E-state index contributed by atoms with van der Waals surface area (Å²) in [6, 6.07) is 11.7. The second kappa shape index (κ2) is 10.4. The number of amides is 1. The van der Waals surface area contributed by atoms with E-state index in [4.69, 9.17) is 16.3 Å². The molecule has 0 radical (unpaired) electrons. The predicted octanol–water partition coefficient (Wildman–Crippen LogP) is 4.80. The summed E-state index contributed by atoms with van der Waals surface area (Å²) < 4.78 is 21.8. The number of nitrogens with one attached hydrogen (secondary N) is 1. The van der Waals surface area contributed by atoms with Crippen molar-refractivity contribution in [3.63, 3.8) is 0 Å². The molecule has 2 aliphatic heterocycles. The van der Waals surface area contributed by atoms with Crippen LogP contribution in [0.25, 0.3) is 0 Å². The normalized spacial score (nSPS) is 33.8. The quantitative estimate of drug-likeness (QED) is 0.361. The monoisotopic (exact) mass is 554 g/mol. The van der Waals surface area contributed by atoms with E-state index in [0.717, 1.165) is 55.2 Å². The molecule has 2 bridgehead atoms. The van der Waals surface area contributed by atoms with E-state index in [-0.39, 0.29) is 23.2 Å². The second-order valence-corrected chi connectivity index (χ2v) is 13.3. The standard InChI is InChI=1S/C30H35ClN2O4S/c1-19-3-2-4-27(34)24-8-5-22(24)15-33-17-30(12-11-20-13-23(31)7-9-25(20)30)18-37-28-10-6-21(14-26(28)33)29(35)32-38(36)16-19/h2-3,6-7,9-10,13-14,19,22,24,27,34H,4-5,8,11-12,15-18H2,1H3,(H,32,35)/b3-2+/t19-,22?,24?,27?,30?,38?/m1/s1. The third-order valence-corrected chi connectivity index (χ3v) is 10.4. The first-order valence-electron chi connectivity index (χ1n) is 13.7. The molecular weight excluding hydrogens is 520 g/mol. The van der Waals surface area contributed by atoms with Crippen LogP contribution in [0.3, 0.4) is 0 Å². The van der Waals surface area contributed by atoms with Crippen LogP contribution in [0.1, 0.15) is 54.1 Å². The van der Waals surface area contributed by atoms with Crippen LogP contribution in [0.2, 0.25) is 5.02 Å². The highest BCUT2D eigenvalue weighted by molar-refractivity contribution is 7.90. The van der Waals surface area contributed by atoms with Gasteiger partial charge in [0.05, 0.1) is 29.8 Å². The lowest BCUT2D eigenvalue weighted by molar-refractivity contribution is 0.0177. The second-order valence-electron chi connectivity index (χ2n) is 11.6. The van der Waals surface area contributed by atoms with Gasteiger partial charge in [-0.25, -0.2) is 0 Å². The highest BCUT2D eigenvalue weighted by atomic mass is 35.5. The van der Waals surface area contributed by atoms with Crippen LogP contribution in [0.4, 0.5) is 5.69 Å². The van der Waals surface area contributed by atoms with Crippen molar-refractivity contribution in [2.75, 3.05) is 30.3 Å². The minimum atomic E-state index is -1.50. The smallest absolute Gasteiger partial charge is 0.292 e. The number of carbonyl (C=O) groups excluding carboxylic acids is 1. The molecule has 0 aromatic heterocycles. The molecule has 2 aromatic rings. The molecule has 1 amide bonds. The number of ether oxygens (including phenoxy) is 1. The Morgan fingerprint density at radius 1 is 1.24 bits per heavy atom. The number of fused-ring (bicyclic) bond motifs is 4. The highest BCUT2D eigenvalue weighted by Gasteiger charge is 2.45. The van der Waals surface area contributed by atoms with Gasteiger partial charge in [0.15, 0.2) is 0 Å². The Balaban J connectivity index is 1.38. The number of benzene rings is 2. The van der Waals surface area contributed by atoms with E-state index in [2.05, 4.69) is 21.8 Å². The van der Waals surface area contributed by atoms with Gasteiger partial charge in [-0.1, -0.05) is 36.7 Å². The lowest BCUT2D eigenvalue weighted by Crippen LogP contribution is -2.48. The molecule has 38 heavy (non-hydrogen) atoms. The predicted molar refractivity (Wildman–Crippen MR) is 151 cm³/mol. The average Bonchev–Trinajstić information content (AvgIpc) is 3.12. The van der Waals surface area contributed by atoms with E-state index in [1.54, 1.807) is 6.07 Å². The molecule has 5 unspecified atom stereocenters. The number of aryl methyl sites for hydroxylation is 1. The van der Waals surface area contributed by atoms with Crippen LogP contribution in [0, 0.1) is 17.8 Å². The van der Waals surface area contributed by atoms with Crippen molar-refractivity contribution in [2.24, 2.45) is 17.8 Å². The van der Waals surface area contributed by atoms with Gasteiger partial charge in [0.25, 0.3) is 5.91 Å². The van der Waals surface area contributed by atoms with Crippen LogP contribution >= 0.6 is 11.6 Å². The fourth-order valence-electron chi connectivity index (χ4n) is 6.75. The summed E-state index contributed by atoms with van der Waals surface area (Å²) in [5.41, 5.74) is 3.76. The maximum Gasteiger partial charge on any atom is 0.292 e. The summed E-state index contributed by atoms with van der Waals surface area (Å²) in [5.74, 6) is 1.38.